The quantitative estimate of drug-likeness (QED) is 0.515. The van der Waals surface area contributed by atoms with E-state index < -0.39 is 0 Å². The molecule has 11 heavy (non-hydrogen) atoms. The summed E-state index contributed by atoms with van der Waals surface area (Å²) in [5.41, 5.74) is 3.08. The van der Waals surface area contributed by atoms with Crippen LogP contribution in [0.4, 0.5) is 0 Å². The third-order valence-corrected chi connectivity index (χ3v) is 2.49. The van der Waals surface area contributed by atoms with Gasteiger partial charge in [0.1, 0.15) is 0 Å². The number of rotatable bonds is 0. The van der Waals surface area contributed by atoms with Gasteiger partial charge < -0.3 is 4.74 Å². The lowest BCUT2D eigenvalue weighted by atomic mass is 9.88. The van der Waals surface area contributed by atoms with Crippen molar-refractivity contribution in [2.75, 3.05) is 13.2 Å². The summed E-state index contributed by atoms with van der Waals surface area (Å²) in [4.78, 5) is 0. The van der Waals surface area contributed by atoms with Crippen molar-refractivity contribution in [2.45, 2.75) is 19.8 Å². The zero-order valence-corrected chi connectivity index (χ0v) is 6.97. The number of hydrogen-bond acceptors (Lipinski definition) is 1. The first kappa shape index (κ1) is 7.11. The number of ether oxygens (including phenoxy) is 1. The van der Waals surface area contributed by atoms with E-state index in [2.05, 4.69) is 19.1 Å². The van der Waals surface area contributed by atoms with E-state index in [-0.39, 0.29) is 0 Å². The summed E-state index contributed by atoms with van der Waals surface area (Å²) in [7, 11) is 0. The number of allylic oxidation sites excluding steroid dienone is 2. The molecule has 1 heteroatoms. The fraction of sp³-hybridized carbons (Fsp3) is 0.600. The minimum atomic E-state index is 0.621. The summed E-state index contributed by atoms with van der Waals surface area (Å²) in [5, 5.41) is 0. The molecule has 1 unspecified atom stereocenters. The molecule has 0 amide bonds. The van der Waals surface area contributed by atoms with Gasteiger partial charge in [-0.05, 0) is 24.0 Å². The average Bonchev–Trinajstić information content (AvgIpc) is 2.06. The summed E-state index contributed by atoms with van der Waals surface area (Å²) in [6.07, 6.45) is 6.98. The molecule has 1 nitrogen and oxygen atoms in total. The third-order valence-electron chi connectivity index (χ3n) is 2.49. The van der Waals surface area contributed by atoms with Gasteiger partial charge in [0.25, 0.3) is 0 Å². The summed E-state index contributed by atoms with van der Waals surface area (Å²) in [6, 6.07) is 0. The van der Waals surface area contributed by atoms with Crippen molar-refractivity contribution < 1.29 is 4.74 Å². The van der Waals surface area contributed by atoms with Gasteiger partial charge in [0.05, 0.1) is 13.2 Å². The first-order valence-electron chi connectivity index (χ1n) is 4.34. The molecule has 0 bridgehead atoms. The molecule has 0 aromatic rings. The largest absolute Gasteiger partial charge is 0.376 e. The van der Waals surface area contributed by atoms with Crippen molar-refractivity contribution in [3.05, 3.63) is 23.3 Å². The van der Waals surface area contributed by atoms with Crippen LogP contribution < -0.4 is 0 Å². The highest BCUT2D eigenvalue weighted by Crippen LogP contribution is 2.28. The lowest BCUT2D eigenvalue weighted by Crippen LogP contribution is -2.19. The molecule has 0 aromatic carbocycles. The maximum Gasteiger partial charge on any atom is 0.0682 e. The Hall–Kier alpha value is -0.560. The molecule has 1 atom stereocenters. The second-order valence-electron chi connectivity index (χ2n) is 3.42. The fourth-order valence-electron chi connectivity index (χ4n) is 1.85. The molecule has 2 aliphatic rings. The van der Waals surface area contributed by atoms with Crippen LogP contribution in [0.15, 0.2) is 23.3 Å². The number of hydrogen-bond donors (Lipinski definition) is 0. The van der Waals surface area contributed by atoms with Crippen molar-refractivity contribution in [2.24, 2.45) is 5.92 Å². The van der Waals surface area contributed by atoms with Crippen LogP contribution in [0.2, 0.25) is 0 Å². The van der Waals surface area contributed by atoms with Crippen molar-refractivity contribution in [1.82, 2.24) is 0 Å². The third kappa shape index (κ3) is 1.25. The molecule has 0 radical (unpaired) electrons. The van der Waals surface area contributed by atoms with Crippen LogP contribution in [0.5, 0.6) is 0 Å². The van der Waals surface area contributed by atoms with Crippen LogP contribution in [0.1, 0.15) is 19.8 Å². The summed E-state index contributed by atoms with van der Waals surface area (Å²) in [5.74, 6) is 0.621. The second kappa shape index (κ2) is 2.82. The van der Waals surface area contributed by atoms with Crippen molar-refractivity contribution in [3.8, 4) is 0 Å². The highest BCUT2D eigenvalue weighted by Gasteiger charge is 2.18. The van der Waals surface area contributed by atoms with E-state index in [1.54, 1.807) is 5.57 Å². The van der Waals surface area contributed by atoms with Gasteiger partial charge in [-0.15, -0.1) is 0 Å². The Balaban J connectivity index is 2.28. The summed E-state index contributed by atoms with van der Waals surface area (Å²) < 4.78 is 5.46. The summed E-state index contributed by atoms with van der Waals surface area (Å²) in [6.45, 7) is 4.03. The van der Waals surface area contributed by atoms with Gasteiger partial charge in [-0.2, -0.15) is 0 Å². The molecule has 0 aromatic heterocycles. The summed E-state index contributed by atoms with van der Waals surface area (Å²) >= 11 is 0. The molecule has 0 spiro atoms. The van der Waals surface area contributed by atoms with E-state index >= 15 is 0 Å². The molecule has 1 aliphatic heterocycles. The predicted octanol–water partition coefficient (Wildman–Crippen LogP) is 2.30. The zero-order chi connectivity index (χ0) is 7.68. The van der Waals surface area contributed by atoms with E-state index in [4.69, 9.17) is 4.74 Å². The first-order chi connectivity index (χ1) is 5.38. The van der Waals surface area contributed by atoms with Gasteiger partial charge in [0.15, 0.2) is 0 Å². The van der Waals surface area contributed by atoms with E-state index in [1.807, 2.05) is 0 Å². The standard InChI is InChI=1S/C10H14O/c1-8-6-11-7-9-4-2-3-5-10(8)9/h3,5,8H,2,4,6-7H2,1H3. The Morgan fingerprint density at radius 2 is 2.45 bits per heavy atom. The van der Waals surface area contributed by atoms with Gasteiger partial charge in [-0.1, -0.05) is 19.1 Å². The van der Waals surface area contributed by atoms with Crippen LogP contribution in [-0.2, 0) is 4.74 Å². The maximum absolute atomic E-state index is 5.46. The average molecular weight is 150 g/mol. The lowest BCUT2D eigenvalue weighted by molar-refractivity contribution is 0.117. The molecule has 1 heterocycles. The van der Waals surface area contributed by atoms with Gasteiger partial charge >= 0.3 is 0 Å². The van der Waals surface area contributed by atoms with Gasteiger partial charge in [-0.3, -0.25) is 0 Å². The lowest BCUT2D eigenvalue weighted by Gasteiger charge is -2.26. The maximum atomic E-state index is 5.46. The van der Waals surface area contributed by atoms with Gasteiger partial charge in [0, 0.05) is 5.92 Å². The Morgan fingerprint density at radius 1 is 1.55 bits per heavy atom. The van der Waals surface area contributed by atoms with E-state index in [1.165, 1.54) is 18.4 Å². The Labute approximate surface area is 67.7 Å². The van der Waals surface area contributed by atoms with Crippen molar-refractivity contribution in [3.63, 3.8) is 0 Å². The van der Waals surface area contributed by atoms with Gasteiger partial charge in [-0.25, -0.2) is 0 Å². The smallest absolute Gasteiger partial charge is 0.0682 e. The molecule has 0 N–H and O–H groups in total. The molecular formula is C10H14O. The molecule has 2 rings (SSSR count). The Bertz CT molecular complexity index is 213. The highest BCUT2D eigenvalue weighted by atomic mass is 16.5. The predicted molar refractivity (Wildman–Crippen MR) is 45.4 cm³/mol. The van der Waals surface area contributed by atoms with E-state index in [9.17, 15) is 0 Å². The minimum Gasteiger partial charge on any atom is -0.376 e. The molecular weight excluding hydrogens is 136 g/mol. The molecule has 0 saturated carbocycles. The van der Waals surface area contributed by atoms with Crippen LogP contribution in [0, 0.1) is 5.92 Å². The van der Waals surface area contributed by atoms with Gasteiger partial charge in [0.2, 0.25) is 0 Å². The van der Waals surface area contributed by atoms with Crippen molar-refractivity contribution in [1.29, 1.82) is 0 Å². The van der Waals surface area contributed by atoms with E-state index in [0.29, 0.717) is 5.92 Å². The first-order valence-corrected chi connectivity index (χ1v) is 4.34. The molecule has 0 saturated heterocycles. The van der Waals surface area contributed by atoms with Crippen LogP contribution >= 0.6 is 0 Å². The zero-order valence-electron chi connectivity index (χ0n) is 6.97. The van der Waals surface area contributed by atoms with E-state index in [0.717, 1.165) is 13.2 Å². The normalized spacial score (nSPS) is 30.5. The topological polar surface area (TPSA) is 9.23 Å². The van der Waals surface area contributed by atoms with Crippen molar-refractivity contribution >= 4 is 0 Å². The Morgan fingerprint density at radius 3 is 3.27 bits per heavy atom. The molecule has 1 aliphatic carbocycles. The molecule has 0 fully saturated rings. The SMILES string of the molecule is CC1COCC2=C1C=CCC2. The van der Waals surface area contributed by atoms with Crippen LogP contribution in [0.25, 0.3) is 0 Å². The Kier molecular flexibility index (Phi) is 1.82. The minimum absolute atomic E-state index is 0.621. The van der Waals surface area contributed by atoms with Crippen LogP contribution in [0.3, 0.4) is 0 Å². The molecule has 60 valence electrons. The second-order valence-corrected chi connectivity index (χ2v) is 3.42. The van der Waals surface area contributed by atoms with Crippen LogP contribution in [-0.4, -0.2) is 13.2 Å². The monoisotopic (exact) mass is 150 g/mol. The highest BCUT2D eigenvalue weighted by molar-refractivity contribution is 5.32. The fourth-order valence-corrected chi connectivity index (χ4v) is 1.85.